The Morgan fingerprint density at radius 1 is 1.41 bits per heavy atom. The first kappa shape index (κ1) is 12.8. The monoisotopic (exact) mass is 238 g/mol. The van der Waals surface area contributed by atoms with Gasteiger partial charge in [-0.25, -0.2) is 0 Å². The Morgan fingerprint density at radius 3 is 2.76 bits per heavy atom. The molecule has 0 aromatic heterocycles. The highest BCUT2D eigenvalue weighted by atomic mass is 16.5. The van der Waals surface area contributed by atoms with Gasteiger partial charge in [0, 0.05) is 32.2 Å². The van der Waals surface area contributed by atoms with Gasteiger partial charge in [0.1, 0.15) is 5.54 Å². The number of hydrogen-bond donors (Lipinski definition) is 1. The van der Waals surface area contributed by atoms with Crippen molar-refractivity contribution in [3.63, 3.8) is 0 Å². The maximum absolute atomic E-state index is 8.94. The lowest BCUT2D eigenvalue weighted by Gasteiger charge is -2.32. The summed E-state index contributed by atoms with van der Waals surface area (Å²) in [6, 6.07) is 2.78. The van der Waals surface area contributed by atoms with E-state index in [0.29, 0.717) is 12.6 Å². The minimum atomic E-state index is -0.722. The zero-order chi connectivity index (χ0) is 12.3. The Labute approximate surface area is 103 Å². The number of morpholine rings is 1. The van der Waals surface area contributed by atoms with Gasteiger partial charge >= 0.3 is 0 Å². The average molecular weight is 238 g/mol. The fraction of sp³-hybridized carbons (Fsp3) is 0.917. The molecule has 0 aromatic rings. The number of nitriles is 1. The third-order valence-corrected chi connectivity index (χ3v) is 3.62. The summed E-state index contributed by atoms with van der Waals surface area (Å²) in [5.74, 6) is 0. The van der Waals surface area contributed by atoms with Crippen molar-refractivity contribution in [3.05, 3.63) is 0 Å². The second kappa shape index (κ2) is 5.32. The van der Waals surface area contributed by atoms with Crippen molar-refractivity contribution in [1.29, 1.82) is 5.26 Å². The van der Waals surface area contributed by atoms with E-state index >= 15 is 0 Å². The van der Waals surface area contributed by atoms with Crippen LogP contribution in [0.1, 0.15) is 13.3 Å². The maximum atomic E-state index is 8.94. The lowest BCUT2D eigenvalue weighted by molar-refractivity contribution is 0.0183. The minimum absolute atomic E-state index is 0.619. The van der Waals surface area contributed by atoms with Crippen LogP contribution in [0.5, 0.6) is 0 Å². The van der Waals surface area contributed by atoms with E-state index in [1.165, 1.54) is 6.42 Å². The first-order valence-corrected chi connectivity index (χ1v) is 6.35. The first-order valence-electron chi connectivity index (χ1n) is 6.35. The number of rotatable bonds is 3. The molecular formula is C12H22N4O. The lowest BCUT2D eigenvalue weighted by Crippen LogP contribution is -2.48. The van der Waals surface area contributed by atoms with Gasteiger partial charge < -0.3 is 10.5 Å². The number of hydrogen-bond acceptors (Lipinski definition) is 5. The Bertz CT molecular complexity index is 293. The lowest BCUT2D eigenvalue weighted by atomic mass is 10.1. The first-order chi connectivity index (χ1) is 8.11. The zero-order valence-corrected chi connectivity index (χ0v) is 10.6. The molecular weight excluding hydrogens is 216 g/mol. The summed E-state index contributed by atoms with van der Waals surface area (Å²) in [6.45, 7) is 8.34. The number of nitrogens with two attached hydrogens (primary N) is 1. The second-order valence-electron chi connectivity index (χ2n) is 5.36. The van der Waals surface area contributed by atoms with Crippen LogP contribution in [0.4, 0.5) is 0 Å². The van der Waals surface area contributed by atoms with Gasteiger partial charge in [0.05, 0.1) is 19.3 Å². The van der Waals surface area contributed by atoms with Crippen LogP contribution >= 0.6 is 0 Å². The van der Waals surface area contributed by atoms with E-state index in [1.54, 1.807) is 6.92 Å². The van der Waals surface area contributed by atoms with Crippen molar-refractivity contribution >= 4 is 0 Å². The molecule has 0 amide bonds. The van der Waals surface area contributed by atoms with Crippen LogP contribution in [-0.4, -0.2) is 67.3 Å². The van der Waals surface area contributed by atoms with Crippen LogP contribution in [-0.2, 0) is 4.74 Å². The van der Waals surface area contributed by atoms with Crippen molar-refractivity contribution < 1.29 is 4.74 Å². The molecule has 2 unspecified atom stereocenters. The van der Waals surface area contributed by atoms with Crippen LogP contribution in [0.25, 0.3) is 0 Å². The Morgan fingerprint density at radius 2 is 2.12 bits per heavy atom. The van der Waals surface area contributed by atoms with Gasteiger partial charge in [0.25, 0.3) is 0 Å². The van der Waals surface area contributed by atoms with Gasteiger partial charge in [0.2, 0.25) is 0 Å². The Kier molecular flexibility index (Phi) is 4.00. The Balaban J connectivity index is 1.81. The summed E-state index contributed by atoms with van der Waals surface area (Å²) in [5.41, 5.74) is 5.16. The molecule has 0 radical (unpaired) electrons. The molecule has 5 heteroatoms. The van der Waals surface area contributed by atoms with E-state index in [1.807, 2.05) is 0 Å². The van der Waals surface area contributed by atoms with E-state index in [2.05, 4.69) is 15.9 Å². The molecule has 0 spiro atoms. The van der Waals surface area contributed by atoms with Crippen LogP contribution < -0.4 is 5.73 Å². The highest BCUT2D eigenvalue weighted by Gasteiger charge is 2.31. The topological polar surface area (TPSA) is 65.5 Å². The predicted molar refractivity (Wildman–Crippen MR) is 65.4 cm³/mol. The van der Waals surface area contributed by atoms with Gasteiger partial charge in [-0.15, -0.1) is 0 Å². The molecule has 2 atom stereocenters. The van der Waals surface area contributed by atoms with E-state index in [4.69, 9.17) is 15.7 Å². The fourth-order valence-corrected chi connectivity index (χ4v) is 2.70. The van der Waals surface area contributed by atoms with Crippen molar-refractivity contribution in [2.24, 2.45) is 5.73 Å². The summed E-state index contributed by atoms with van der Waals surface area (Å²) >= 11 is 0. The summed E-state index contributed by atoms with van der Waals surface area (Å²) in [5, 5.41) is 8.94. The molecule has 2 rings (SSSR count). The highest BCUT2D eigenvalue weighted by Crippen LogP contribution is 2.18. The van der Waals surface area contributed by atoms with Gasteiger partial charge in [-0.05, 0) is 19.9 Å². The molecule has 0 aliphatic carbocycles. The molecule has 17 heavy (non-hydrogen) atoms. The zero-order valence-electron chi connectivity index (χ0n) is 10.6. The third kappa shape index (κ3) is 3.39. The Hall–Kier alpha value is -0.670. The molecule has 2 aliphatic heterocycles. The van der Waals surface area contributed by atoms with E-state index in [-0.39, 0.29) is 0 Å². The van der Waals surface area contributed by atoms with Gasteiger partial charge in [-0.3, -0.25) is 9.80 Å². The third-order valence-electron chi connectivity index (χ3n) is 3.62. The summed E-state index contributed by atoms with van der Waals surface area (Å²) in [6.07, 6.45) is 1.18. The SMILES string of the molecule is CC(N)(C#N)CN1CCC(N2CCOCC2)C1. The molecule has 2 saturated heterocycles. The normalized spacial score (nSPS) is 31.0. The molecule has 0 aromatic carbocycles. The van der Waals surface area contributed by atoms with Crippen molar-refractivity contribution in [1.82, 2.24) is 9.80 Å². The minimum Gasteiger partial charge on any atom is -0.379 e. The highest BCUT2D eigenvalue weighted by molar-refractivity contribution is 5.04. The van der Waals surface area contributed by atoms with Crippen LogP contribution in [0.3, 0.4) is 0 Å². The van der Waals surface area contributed by atoms with Gasteiger partial charge in [-0.1, -0.05) is 0 Å². The average Bonchev–Trinajstić information content (AvgIpc) is 2.78. The number of likely N-dealkylation sites (tertiary alicyclic amines) is 1. The summed E-state index contributed by atoms with van der Waals surface area (Å²) < 4.78 is 5.37. The predicted octanol–water partition coefficient (Wildman–Crippen LogP) is -0.366. The van der Waals surface area contributed by atoms with Crippen LogP contribution in [0.2, 0.25) is 0 Å². The molecule has 0 bridgehead atoms. The molecule has 5 nitrogen and oxygen atoms in total. The number of ether oxygens (including phenoxy) is 1. The largest absolute Gasteiger partial charge is 0.379 e. The van der Waals surface area contributed by atoms with Crippen molar-refractivity contribution in [2.75, 3.05) is 45.9 Å². The maximum Gasteiger partial charge on any atom is 0.114 e. The summed E-state index contributed by atoms with van der Waals surface area (Å²) in [7, 11) is 0. The molecule has 96 valence electrons. The molecule has 0 saturated carbocycles. The van der Waals surface area contributed by atoms with E-state index in [9.17, 15) is 0 Å². The second-order valence-corrected chi connectivity index (χ2v) is 5.36. The van der Waals surface area contributed by atoms with E-state index in [0.717, 1.165) is 39.4 Å². The molecule has 2 fully saturated rings. The van der Waals surface area contributed by atoms with E-state index < -0.39 is 5.54 Å². The van der Waals surface area contributed by atoms with Crippen molar-refractivity contribution in [2.45, 2.75) is 24.9 Å². The van der Waals surface area contributed by atoms with Crippen LogP contribution in [0.15, 0.2) is 0 Å². The quantitative estimate of drug-likeness (QED) is 0.727. The van der Waals surface area contributed by atoms with Gasteiger partial charge in [-0.2, -0.15) is 5.26 Å². The smallest absolute Gasteiger partial charge is 0.114 e. The number of nitrogens with zero attached hydrogens (tertiary/aromatic N) is 3. The standard InChI is InChI=1S/C12H22N4O/c1-12(14,9-13)10-15-3-2-11(8-15)16-4-6-17-7-5-16/h11H,2-8,10,14H2,1H3. The molecule has 2 aliphatic rings. The van der Waals surface area contributed by atoms with Gasteiger partial charge in [0.15, 0.2) is 0 Å². The molecule has 2 N–H and O–H groups in total. The fourth-order valence-electron chi connectivity index (χ4n) is 2.70. The van der Waals surface area contributed by atoms with Crippen molar-refractivity contribution in [3.8, 4) is 6.07 Å². The molecule has 2 heterocycles. The van der Waals surface area contributed by atoms with Crippen LogP contribution in [0, 0.1) is 11.3 Å². The summed E-state index contributed by atoms with van der Waals surface area (Å²) in [4.78, 5) is 4.81.